The van der Waals surface area contributed by atoms with Gasteiger partial charge in [0.25, 0.3) is 0 Å². The fourth-order valence-electron chi connectivity index (χ4n) is 4.19. The largest absolute Gasteiger partial charge is 0.345 e. The van der Waals surface area contributed by atoms with Crippen molar-refractivity contribution < 1.29 is 9.59 Å². The maximum Gasteiger partial charge on any atom is 0.244 e. The van der Waals surface area contributed by atoms with E-state index in [1.54, 1.807) is 4.90 Å². The van der Waals surface area contributed by atoms with Crippen molar-refractivity contribution in [2.24, 2.45) is 0 Å². The summed E-state index contributed by atoms with van der Waals surface area (Å²) in [4.78, 5) is 29.9. The molecule has 3 aliphatic rings. The van der Waals surface area contributed by atoms with Crippen LogP contribution < -0.4 is 15.1 Å². The smallest absolute Gasteiger partial charge is 0.244 e. The SMILES string of the molecule is CCCCc1sc2c(c1CN1CCN3C(=O)CNC(=O)C3C1)=CCCC=2. The van der Waals surface area contributed by atoms with E-state index in [4.69, 9.17) is 0 Å². The Balaban J connectivity index is 1.57. The first-order valence-electron chi connectivity index (χ1n) is 9.78. The molecule has 0 saturated carbocycles. The van der Waals surface area contributed by atoms with Crippen molar-refractivity contribution in [2.45, 2.75) is 51.6 Å². The van der Waals surface area contributed by atoms with Crippen LogP contribution in [0.5, 0.6) is 0 Å². The lowest BCUT2D eigenvalue weighted by Crippen LogP contribution is -2.65. The molecule has 1 aromatic heterocycles. The van der Waals surface area contributed by atoms with Crippen molar-refractivity contribution >= 4 is 35.3 Å². The van der Waals surface area contributed by atoms with Crippen LogP contribution in [0.1, 0.15) is 43.0 Å². The highest BCUT2D eigenvalue weighted by Crippen LogP contribution is 2.20. The average Bonchev–Trinajstić information content (AvgIpc) is 3.01. The Hall–Kier alpha value is -1.66. The average molecular weight is 374 g/mol. The van der Waals surface area contributed by atoms with Gasteiger partial charge in [-0.3, -0.25) is 14.5 Å². The molecule has 26 heavy (non-hydrogen) atoms. The second kappa shape index (κ2) is 7.53. The lowest BCUT2D eigenvalue weighted by atomic mass is 10.0. The second-order valence-electron chi connectivity index (χ2n) is 7.43. The van der Waals surface area contributed by atoms with E-state index < -0.39 is 0 Å². The molecular formula is C20H27N3O2S. The summed E-state index contributed by atoms with van der Waals surface area (Å²) in [5.74, 6) is 0.0430. The van der Waals surface area contributed by atoms with Crippen molar-refractivity contribution in [1.82, 2.24) is 15.1 Å². The molecule has 3 heterocycles. The Morgan fingerprint density at radius 2 is 2.08 bits per heavy atom. The molecule has 1 aromatic rings. The summed E-state index contributed by atoms with van der Waals surface area (Å²) in [6, 6.07) is -0.325. The zero-order valence-corrected chi connectivity index (χ0v) is 16.2. The molecule has 1 atom stereocenters. The molecule has 2 aliphatic heterocycles. The molecule has 1 N–H and O–H groups in total. The van der Waals surface area contributed by atoms with E-state index in [0.29, 0.717) is 13.1 Å². The van der Waals surface area contributed by atoms with Crippen LogP contribution in [-0.4, -0.2) is 53.8 Å². The van der Waals surface area contributed by atoms with Gasteiger partial charge in [0.05, 0.1) is 6.54 Å². The number of aryl methyl sites for hydroxylation is 1. The van der Waals surface area contributed by atoms with Crippen LogP contribution in [0.15, 0.2) is 0 Å². The van der Waals surface area contributed by atoms with Crippen molar-refractivity contribution in [2.75, 3.05) is 26.2 Å². The predicted octanol–water partition coefficient (Wildman–Crippen LogP) is 0.588. The highest BCUT2D eigenvalue weighted by atomic mass is 32.1. The van der Waals surface area contributed by atoms with E-state index in [1.807, 2.05) is 11.3 Å². The number of hydrogen-bond donors (Lipinski definition) is 1. The zero-order chi connectivity index (χ0) is 18.1. The van der Waals surface area contributed by atoms with Gasteiger partial charge in [-0.1, -0.05) is 25.5 Å². The van der Waals surface area contributed by atoms with E-state index in [9.17, 15) is 9.59 Å². The number of nitrogens with zero attached hydrogens (tertiary/aromatic N) is 2. The van der Waals surface area contributed by atoms with Gasteiger partial charge in [0.1, 0.15) is 6.04 Å². The minimum atomic E-state index is -0.325. The van der Waals surface area contributed by atoms with E-state index in [1.165, 1.54) is 33.0 Å². The quantitative estimate of drug-likeness (QED) is 0.822. The number of carbonyl (C=O) groups excluding carboxylic acids is 2. The summed E-state index contributed by atoms with van der Waals surface area (Å²) in [6.45, 7) is 5.42. The van der Waals surface area contributed by atoms with Gasteiger partial charge in [-0.15, -0.1) is 11.3 Å². The Morgan fingerprint density at radius 3 is 2.92 bits per heavy atom. The number of unbranched alkanes of at least 4 members (excludes halogenated alkanes) is 1. The normalized spacial score (nSPS) is 23.0. The van der Waals surface area contributed by atoms with Crippen LogP contribution in [0.3, 0.4) is 0 Å². The van der Waals surface area contributed by atoms with E-state index in [2.05, 4.69) is 29.3 Å². The molecule has 0 bridgehead atoms. The minimum Gasteiger partial charge on any atom is -0.345 e. The summed E-state index contributed by atoms with van der Waals surface area (Å²) < 4.78 is 1.43. The summed E-state index contributed by atoms with van der Waals surface area (Å²) >= 11 is 1.96. The first-order valence-corrected chi connectivity index (χ1v) is 10.6. The maximum absolute atomic E-state index is 12.2. The summed E-state index contributed by atoms with van der Waals surface area (Å²) in [6.07, 6.45) is 10.6. The lowest BCUT2D eigenvalue weighted by molar-refractivity contribution is -0.149. The molecule has 5 nitrogen and oxygen atoms in total. The van der Waals surface area contributed by atoms with Crippen LogP contribution in [0.2, 0.25) is 0 Å². The number of thiophene rings is 1. The van der Waals surface area contributed by atoms with Gasteiger partial charge in [-0.2, -0.15) is 0 Å². The highest BCUT2D eigenvalue weighted by Gasteiger charge is 2.38. The zero-order valence-electron chi connectivity index (χ0n) is 15.4. The molecule has 140 valence electrons. The van der Waals surface area contributed by atoms with Crippen LogP contribution >= 0.6 is 11.3 Å². The molecular weight excluding hydrogens is 346 g/mol. The first kappa shape index (κ1) is 17.7. The van der Waals surface area contributed by atoms with E-state index in [-0.39, 0.29) is 24.4 Å². The third kappa shape index (κ3) is 3.32. The monoisotopic (exact) mass is 373 g/mol. The van der Waals surface area contributed by atoms with E-state index in [0.717, 1.165) is 32.4 Å². The predicted molar refractivity (Wildman–Crippen MR) is 104 cm³/mol. The molecule has 2 saturated heterocycles. The molecule has 2 fully saturated rings. The van der Waals surface area contributed by atoms with Crippen molar-refractivity contribution in [1.29, 1.82) is 0 Å². The van der Waals surface area contributed by atoms with Gasteiger partial charge < -0.3 is 10.2 Å². The summed E-state index contributed by atoms with van der Waals surface area (Å²) in [7, 11) is 0. The lowest BCUT2D eigenvalue weighted by Gasteiger charge is -2.43. The standard InChI is InChI=1S/C20H27N3O2S/c1-2-3-7-18-15(14-6-4-5-8-17(14)26-18)12-22-9-10-23-16(13-22)20(25)21-11-19(23)24/h6,8,16H,2-5,7,9-13H2,1H3,(H,21,25). The van der Waals surface area contributed by atoms with Crippen LogP contribution in [0, 0.1) is 0 Å². The summed E-state index contributed by atoms with van der Waals surface area (Å²) in [5, 5.41) is 4.16. The van der Waals surface area contributed by atoms with Gasteiger partial charge in [0.2, 0.25) is 11.8 Å². The number of rotatable bonds is 5. The van der Waals surface area contributed by atoms with E-state index >= 15 is 0 Å². The molecule has 4 rings (SSSR count). The topological polar surface area (TPSA) is 52.6 Å². The maximum atomic E-state index is 12.2. The van der Waals surface area contributed by atoms with Gasteiger partial charge in [0.15, 0.2) is 0 Å². The highest BCUT2D eigenvalue weighted by molar-refractivity contribution is 7.10. The molecule has 0 aromatic carbocycles. The van der Waals surface area contributed by atoms with Gasteiger partial charge in [-0.05, 0) is 36.5 Å². The fraction of sp³-hybridized carbons (Fsp3) is 0.600. The van der Waals surface area contributed by atoms with Crippen molar-refractivity contribution in [3.63, 3.8) is 0 Å². The summed E-state index contributed by atoms with van der Waals surface area (Å²) in [5.41, 5.74) is 1.46. The molecule has 6 heteroatoms. The molecule has 0 radical (unpaired) electrons. The van der Waals surface area contributed by atoms with Gasteiger partial charge >= 0.3 is 0 Å². The Bertz CT molecular complexity index is 829. The van der Waals surface area contributed by atoms with Crippen molar-refractivity contribution in [3.8, 4) is 0 Å². The first-order chi connectivity index (χ1) is 12.7. The van der Waals surface area contributed by atoms with Crippen LogP contribution in [-0.2, 0) is 22.6 Å². The molecule has 1 unspecified atom stereocenters. The van der Waals surface area contributed by atoms with Gasteiger partial charge in [0, 0.05) is 35.6 Å². The molecule has 2 amide bonds. The number of nitrogens with one attached hydrogen (secondary N) is 1. The number of carbonyl (C=O) groups is 2. The third-order valence-electron chi connectivity index (χ3n) is 5.65. The molecule has 0 spiro atoms. The second-order valence-corrected chi connectivity index (χ2v) is 8.56. The van der Waals surface area contributed by atoms with Gasteiger partial charge in [-0.25, -0.2) is 0 Å². The Labute approximate surface area is 158 Å². The van der Waals surface area contributed by atoms with Crippen molar-refractivity contribution in [3.05, 3.63) is 20.2 Å². The van der Waals surface area contributed by atoms with Crippen LogP contribution in [0.4, 0.5) is 0 Å². The third-order valence-corrected chi connectivity index (χ3v) is 6.95. The fourth-order valence-corrected chi connectivity index (χ4v) is 5.52. The Morgan fingerprint density at radius 1 is 1.23 bits per heavy atom. The minimum absolute atomic E-state index is 0.00671. The Kier molecular flexibility index (Phi) is 5.14. The number of fused-ring (bicyclic) bond motifs is 2. The van der Waals surface area contributed by atoms with Crippen LogP contribution in [0.25, 0.3) is 12.2 Å². The number of amides is 2. The number of piperazine rings is 2. The number of hydrogen-bond acceptors (Lipinski definition) is 4. The molecule has 1 aliphatic carbocycles.